The minimum Gasteiger partial charge on any atom is -0.462 e. The number of esters is 2. The first-order valence-electron chi connectivity index (χ1n) is 18.6. The van der Waals surface area contributed by atoms with Crippen molar-refractivity contribution in [2.45, 2.75) is 148 Å². The second-order valence-corrected chi connectivity index (χ2v) is 13.5. The van der Waals surface area contributed by atoms with Crippen molar-refractivity contribution in [2.24, 2.45) is 0 Å². The van der Waals surface area contributed by atoms with Gasteiger partial charge >= 0.3 is 19.8 Å². The first-order valence-corrected chi connectivity index (χ1v) is 20.1. The molecule has 0 saturated heterocycles. The molecule has 0 rings (SSSR count). The Morgan fingerprint density at radius 1 is 0.571 bits per heavy atom. The van der Waals surface area contributed by atoms with Crippen LogP contribution in [-0.2, 0) is 32.7 Å². The maximum atomic E-state index is 12.5. The summed E-state index contributed by atoms with van der Waals surface area (Å²) < 4.78 is 31.8. The lowest BCUT2D eigenvalue weighted by Crippen LogP contribution is -2.29. The molecule has 0 aliphatic heterocycles. The highest BCUT2D eigenvalue weighted by Gasteiger charge is 2.24. The summed E-state index contributed by atoms with van der Waals surface area (Å²) in [6, 6.07) is 0. The van der Waals surface area contributed by atoms with Gasteiger partial charge in [-0.3, -0.25) is 18.6 Å². The van der Waals surface area contributed by atoms with E-state index < -0.39 is 32.5 Å². The van der Waals surface area contributed by atoms with Crippen LogP contribution in [0.4, 0.5) is 0 Å². The molecule has 0 aromatic carbocycles. The van der Waals surface area contributed by atoms with Gasteiger partial charge in [0.25, 0.3) is 0 Å². The third kappa shape index (κ3) is 35.1. The van der Waals surface area contributed by atoms with E-state index in [9.17, 15) is 19.0 Å². The molecule has 0 aliphatic rings. The highest BCUT2D eigenvalue weighted by Crippen LogP contribution is 2.42. The Kier molecular flexibility index (Phi) is 33.5. The molecular weight excluding hydrogens is 639 g/mol. The predicted molar refractivity (Wildman–Crippen MR) is 202 cm³/mol. The fourth-order valence-electron chi connectivity index (χ4n) is 4.63. The van der Waals surface area contributed by atoms with Crippen molar-refractivity contribution in [3.05, 3.63) is 72.9 Å². The van der Waals surface area contributed by atoms with Gasteiger partial charge < -0.3 is 14.4 Å². The number of ether oxygens (including phenoxy) is 2. The van der Waals surface area contributed by atoms with E-state index in [1.165, 1.54) is 19.3 Å². The van der Waals surface area contributed by atoms with Gasteiger partial charge in [-0.1, -0.05) is 125 Å². The van der Waals surface area contributed by atoms with Gasteiger partial charge in [-0.15, -0.1) is 0 Å². The number of phosphoric acid groups is 1. The number of hydrogen-bond acceptors (Lipinski definition) is 7. The Labute approximate surface area is 298 Å². The molecule has 0 spiro atoms. The average Bonchev–Trinajstić information content (AvgIpc) is 3.09. The van der Waals surface area contributed by atoms with Crippen molar-refractivity contribution in [3.8, 4) is 0 Å². The number of hydrogen-bond donors (Lipinski definition) is 1. The fraction of sp³-hybridized carbons (Fsp3) is 0.650. The highest BCUT2D eigenvalue weighted by atomic mass is 31.2. The Bertz CT molecular complexity index is 1030. The number of unbranched alkanes of at least 4 members (excludes halogenated alkanes) is 10. The molecule has 280 valence electrons. The van der Waals surface area contributed by atoms with Gasteiger partial charge in [-0.05, 0) is 77.0 Å². The van der Waals surface area contributed by atoms with Crippen LogP contribution < -0.4 is 0 Å². The van der Waals surface area contributed by atoms with Crippen molar-refractivity contribution in [1.29, 1.82) is 0 Å². The zero-order chi connectivity index (χ0) is 36.1. The normalized spacial score (nSPS) is 14.3. The summed E-state index contributed by atoms with van der Waals surface area (Å²) in [7, 11) is -3.22. The smallest absolute Gasteiger partial charge is 0.462 e. The third-order valence-corrected chi connectivity index (χ3v) is 8.38. The van der Waals surface area contributed by atoms with Crippen molar-refractivity contribution in [2.75, 3.05) is 20.3 Å². The van der Waals surface area contributed by atoms with Crippen molar-refractivity contribution in [1.82, 2.24) is 0 Å². The molecule has 0 aromatic heterocycles. The molecule has 0 aromatic rings. The molecule has 0 amide bonds. The van der Waals surface area contributed by atoms with E-state index in [2.05, 4.69) is 91.3 Å². The molecule has 0 saturated carbocycles. The van der Waals surface area contributed by atoms with Crippen LogP contribution in [0.15, 0.2) is 72.9 Å². The molecule has 8 nitrogen and oxygen atoms in total. The zero-order valence-corrected chi connectivity index (χ0v) is 31.7. The lowest BCUT2D eigenvalue weighted by molar-refractivity contribution is -0.161. The van der Waals surface area contributed by atoms with E-state index in [1.54, 1.807) is 0 Å². The van der Waals surface area contributed by atoms with Gasteiger partial charge in [0.2, 0.25) is 0 Å². The quantitative estimate of drug-likeness (QED) is 0.0311. The second-order valence-electron chi connectivity index (χ2n) is 11.9. The summed E-state index contributed by atoms with van der Waals surface area (Å²) in [6.07, 6.45) is 43.8. The van der Waals surface area contributed by atoms with E-state index in [1.807, 2.05) is 0 Å². The number of allylic oxidation sites excluding steroid dienone is 12. The summed E-state index contributed by atoms with van der Waals surface area (Å²) in [5.74, 6) is -0.859. The van der Waals surface area contributed by atoms with Gasteiger partial charge in [0.15, 0.2) is 6.10 Å². The van der Waals surface area contributed by atoms with E-state index >= 15 is 0 Å². The first kappa shape index (κ1) is 46.5. The van der Waals surface area contributed by atoms with Crippen LogP contribution >= 0.6 is 7.82 Å². The number of phosphoric ester groups is 1. The van der Waals surface area contributed by atoms with Crippen LogP contribution in [0, 0.1) is 0 Å². The van der Waals surface area contributed by atoms with Gasteiger partial charge in [0.05, 0.1) is 6.61 Å². The highest BCUT2D eigenvalue weighted by molar-refractivity contribution is 7.47. The Hall–Kier alpha value is -2.51. The van der Waals surface area contributed by atoms with Crippen molar-refractivity contribution in [3.63, 3.8) is 0 Å². The molecule has 2 atom stereocenters. The number of carbonyl (C=O) groups is 2. The largest absolute Gasteiger partial charge is 0.472 e. The molecule has 0 fully saturated rings. The van der Waals surface area contributed by atoms with E-state index in [0.717, 1.165) is 90.6 Å². The molecular formula is C40H67O8P. The van der Waals surface area contributed by atoms with Crippen molar-refractivity contribution < 1.29 is 37.6 Å². The molecule has 0 heterocycles. The number of carbonyl (C=O) groups excluding carboxylic acids is 2. The van der Waals surface area contributed by atoms with E-state index in [-0.39, 0.29) is 19.4 Å². The lowest BCUT2D eigenvalue weighted by atomic mass is 10.1. The average molecular weight is 707 g/mol. The summed E-state index contributed by atoms with van der Waals surface area (Å²) >= 11 is 0. The van der Waals surface area contributed by atoms with Crippen LogP contribution in [0.5, 0.6) is 0 Å². The van der Waals surface area contributed by atoms with Gasteiger partial charge in [0.1, 0.15) is 6.61 Å². The maximum Gasteiger partial charge on any atom is 0.472 e. The molecule has 0 radical (unpaired) electrons. The molecule has 0 aliphatic carbocycles. The Morgan fingerprint density at radius 3 is 1.47 bits per heavy atom. The summed E-state index contributed by atoms with van der Waals surface area (Å²) in [5.41, 5.74) is 0. The molecule has 9 heteroatoms. The fourth-order valence-corrected chi connectivity index (χ4v) is 5.09. The summed E-state index contributed by atoms with van der Waals surface area (Å²) in [5, 5.41) is 0. The zero-order valence-electron chi connectivity index (χ0n) is 30.8. The predicted octanol–water partition coefficient (Wildman–Crippen LogP) is 11.4. The van der Waals surface area contributed by atoms with E-state index in [4.69, 9.17) is 14.0 Å². The van der Waals surface area contributed by atoms with Crippen LogP contribution in [0.3, 0.4) is 0 Å². The number of rotatable bonds is 33. The van der Waals surface area contributed by atoms with Crippen molar-refractivity contribution >= 4 is 19.8 Å². The minimum atomic E-state index is -4.27. The minimum absolute atomic E-state index is 0.223. The standard InChI is InChI=1S/C40H67O8P/c1-4-6-8-10-12-14-16-18-19-20-21-23-25-27-29-31-33-35-40(42)48-38(37-47-49(43,44)45-3)36-46-39(41)34-32-30-28-26-24-22-17-15-13-11-9-7-5-2/h6-9,12-15,18-19,22,24,38H,4-5,10-11,16-17,20-21,23,25-37H2,1-3H3,(H,43,44)/b8-6-,9-7-,14-12-,15-13-,19-18-,24-22-. The Balaban J connectivity index is 4.14. The first-order chi connectivity index (χ1) is 23.8. The van der Waals surface area contributed by atoms with Crippen LogP contribution in [-0.4, -0.2) is 43.3 Å². The van der Waals surface area contributed by atoms with Gasteiger partial charge in [-0.25, -0.2) is 4.57 Å². The van der Waals surface area contributed by atoms with Gasteiger partial charge in [-0.2, -0.15) is 0 Å². The molecule has 1 N–H and O–H groups in total. The second kappa shape index (κ2) is 35.3. The topological polar surface area (TPSA) is 108 Å². The molecule has 0 bridgehead atoms. The molecule has 2 unspecified atom stereocenters. The van der Waals surface area contributed by atoms with E-state index in [0.29, 0.717) is 12.8 Å². The van der Waals surface area contributed by atoms with Gasteiger partial charge in [0, 0.05) is 20.0 Å². The monoisotopic (exact) mass is 706 g/mol. The molecule has 49 heavy (non-hydrogen) atoms. The summed E-state index contributed by atoms with van der Waals surface area (Å²) in [6.45, 7) is 3.60. The SMILES string of the molecule is CC/C=C\C/C=C\C/C=C\CCCCCCCCCC(=O)OC(COC(=O)CCCCC/C=C\C/C=C\C/C=C\CC)COP(=O)(O)OC. The summed E-state index contributed by atoms with van der Waals surface area (Å²) in [4.78, 5) is 34.3. The lowest BCUT2D eigenvalue weighted by Gasteiger charge is -2.19. The van der Waals surface area contributed by atoms with Crippen LogP contribution in [0.2, 0.25) is 0 Å². The Morgan fingerprint density at radius 2 is 0.980 bits per heavy atom. The third-order valence-electron chi connectivity index (χ3n) is 7.45. The maximum absolute atomic E-state index is 12.5. The van der Waals surface area contributed by atoms with Crippen LogP contribution in [0.25, 0.3) is 0 Å². The van der Waals surface area contributed by atoms with Crippen LogP contribution in [0.1, 0.15) is 142 Å².